The third kappa shape index (κ3) is 4.84. The van der Waals surface area contributed by atoms with Gasteiger partial charge in [0.1, 0.15) is 11.5 Å². The SMILES string of the molecule is COc1ccc(C(NC(=O)Cc2cc(Cl)ccc2OC)c2ccccc2)cc1. The van der Waals surface area contributed by atoms with Crippen molar-refractivity contribution in [3.63, 3.8) is 0 Å². The van der Waals surface area contributed by atoms with Gasteiger partial charge in [0.15, 0.2) is 0 Å². The lowest BCUT2D eigenvalue weighted by Crippen LogP contribution is -2.30. The van der Waals surface area contributed by atoms with E-state index >= 15 is 0 Å². The predicted molar refractivity (Wildman–Crippen MR) is 111 cm³/mol. The van der Waals surface area contributed by atoms with E-state index in [4.69, 9.17) is 21.1 Å². The summed E-state index contributed by atoms with van der Waals surface area (Å²) in [7, 11) is 3.21. The molecular formula is C23H22ClNO3. The number of amides is 1. The summed E-state index contributed by atoms with van der Waals surface area (Å²) in [5, 5.41) is 3.70. The van der Waals surface area contributed by atoms with Gasteiger partial charge < -0.3 is 14.8 Å². The Hall–Kier alpha value is -2.98. The normalized spacial score (nSPS) is 11.5. The zero-order valence-electron chi connectivity index (χ0n) is 15.8. The second-order valence-corrected chi connectivity index (χ2v) is 6.75. The van der Waals surface area contributed by atoms with Crippen LogP contribution < -0.4 is 14.8 Å². The number of benzene rings is 3. The third-order valence-corrected chi connectivity index (χ3v) is 4.72. The number of methoxy groups -OCH3 is 2. The lowest BCUT2D eigenvalue weighted by molar-refractivity contribution is -0.121. The Morgan fingerprint density at radius 2 is 1.61 bits per heavy atom. The van der Waals surface area contributed by atoms with Crippen LogP contribution in [-0.2, 0) is 11.2 Å². The van der Waals surface area contributed by atoms with Crippen molar-refractivity contribution in [1.29, 1.82) is 0 Å². The Morgan fingerprint density at radius 3 is 2.25 bits per heavy atom. The predicted octanol–water partition coefficient (Wildman–Crippen LogP) is 4.81. The molecule has 0 aliphatic carbocycles. The van der Waals surface area contributed by atoms with Gasteiger partial charge in [0.2, 0.25) is 5.91 Å². The average Bonchev–Trinajstić information content (AvgIpc) is 2.73. The first-order valence-electron chi connectivity index (χ1n) is 8.91. The Labute approximate surface area is 170 Å². The molecule has 144 valence electrons. The molecule has 0 aliphatic rings. The van der Waals surface area contributed by atoms with Gasteiger partial charge in [-0.3, -0.25) is 4.79 Å². The fourth-order valence-corrected chi connectivity index (χ4v) is 3.27. The molecule has 0 saturated carbocycles. The second kappa shape index (κ2) is 9.29. The van der Waals surface area contributed by atoms with E-state index in [0.29, 0.717) is 10.8 Å². The quantitative estimate of drug-likeness (QED) is 0.624. The van der Waals surface area contributed by atoms with Crippen LogP contribution in [0.2, 0.25) is 5.02 Å². The van der Waals surface area contributed by atoms with E-state index < -0.39 is 0 Å². The Bertz CT molecular complexity index is 926. The monoisotopic (exact) mass is 395 g/mol. The van der Waals surface area contributed by atoms with Crippen molar-refractivity contribution >= 4 is 17.5 Å². The number of hydrogen-bond donors (Lipinski definition) is 1. The summed E-state index contributed by atoms with van der Waals surface area (Å²) >= 11 is 6.08. The molecule has 0 aliphatic heterocycles. The van der Waals surface area contributed by atoms with E-state index in [1.807, 2.05) is 54.6 Å². The molecule has 0 spiro atoms. The maximum Gasteiger partial charge on any atom is 0.225 e. The van der Waals surface area contributed by atoms with Crippen molar-refractivity contribution in [3.8, 4) is 11.5 Å². The molecule has 1 unspecified atom stereocenters. The maximum absolute atomic E-state index is 12.8. The number of ether oxygens (including phenoxy) is 2. The van der Waals surface area contributed by atoms with E-state index in [-0.39, 0.29) is 18.4 Å². The van der Waals surface area contributed by atoms with Crippen LogP contribution in [0.15, 0.2) is 72.8 Å². The lowest BCUT2D eigenvalue weighted by Gasteiger charge is -2.20. The van der Waals surface area contributed by atoms with Crippen LogP contribution >= 0.6 is 11.6 Å². The standard InChI is InChI=1S/C23H22ClNO3/c1-27-20-11-8-17(9-12-20)23(16-6-4-3-5-7-16)25-22(26)15-18-14-19(24)10-13-21(18)28-2/h3-14,23H,15H2,1-2H3,(H,25,26). The van der Waals surface area contributed by atoms with E-state index in [9.17, 15) is 4.79 Å². The molecule has 4 nitrogen and oxygen atoms in total. The molecule has 1 atom stereocenters. The van der Waals surface area contributed by atoms with Crippen molar-refractivity contribution in [2.24, 2.45) is 0 Å². The van der Waals surface area contributed by atoms with Gasteiger partial charge in [0, 0.05) is 10.6 Å². The first kappa shape index (κ1) is 19.8. The number of halogens is 1. The minimum atomic E-state index is -0.273. The van der Waals surface area contributed by atoms with Crippen molar-refractivity contribution in [2.45, 2.75) is 12.5 Å². The molecule has 1 N–H and O–H groups in total. The van der Waals surface area contributed by atoms with Gasteiger partial charge in [-0.05, 0) is 41.5 Å². The molecule has 0 fully saturated rings. The highest BCUT2D eigenvalue weighted by molar-refractivity contribution is 6.30. The molecule has 3 rings (SSSR count). The van der Waals surface area contributed by atoms with Gasteiger partial charge in [-0.15, -0.1) is 0 Å². The summed E-state index contributed by atoms with van der Waals surface area (Å²) in [6, 6.07) is 22.5. The van der Waals surface area contributed by atoms with Gasteiger partial charge in [0.05, 0.1) is 26.7 Å². The van der Waals surface area contributed by atoms with Gasteiger partial charge in [0.25, 0.3) is 0 Å². The molecule has 0 heterocycles. The first-order chi connectivity index (χ1) is 13.6. The van der Waals surface area contributed by atoms with Gasteiger partial charge >= 0.3 is 0 Å². The van der Waals surface area contributed by atoms with Crippen LogP contribution in [0.3, 0.4) is 0 Å². The highest BCUT2D eigenvalue weighted by atomic mass is 35.5. The van der Waals surface area contributed by atoms with Crippen molar-refractivity contribution in [1.82, 2.24) is 5.32 Å². The number of hydrogen-bond acceptors (Lipinski definition) is 3. The Morgan fingerprint density at radius 1 is 0.929 bits per heavy atom. The third-order valence-electron chi connectivity index (χ3n) is 4.48. The van der Waals surface area contributed by atoms with Crippen molar-refractivity contribution in [3.05, 3.63) is 94.5 Å². The molecule has 0 radical (unpaired) electrons. The fourth-order valence-electron chi connectivity index (χ4n) is 3.07. The van der Waals surface area contributed by atoms with Gasteiger partial charge in [-0.25, -0.2) is 0 Å². The number of carbonyl (C=O) groups excluding carboxylic acids is 1. The zero-order chi connectivity index (χ0) is 19.9. The second-order valence-electron chi connectivity index (χ2n) is 6.32. The molecule has 0 saturated heterocycles. The minimum Gasteiger partial charge on any atom is -0.497 e. The van der Waals surface area contributed by atoms with Crippen LogP contribution in [-0.4, -0.2) is 20.1 Å². The largest absolute Gasteiger partial charge is 0.497 e. The van der Waals surface area contributed by atoms with Crippen LogP contribution in [0.5, 0.6) is 11.5 Å². The molecule has 3 aromatic rings. The highest BCUT2D eigenvalue weighted by Crippen LogP contribution is 2.26. The summed E-state index contributed by atoms with van der Waals surface area (Å²) in [4.78, 5) is 12.8. The topological polar surface area (TPSA) is 47.6 Å². The average molecular weight is 396 g/mol. The van der Waals surface area contributed by atoms with E-state index in [1.54, 1.807) is 32.4 Å². The zero-order valence-corrected chi connectivity index (χ0v) is 16.6. The van der Waals surface area contributed by atoms with Crippen LogP contribution in [0, 0.1) is 0 Å². The number of carbonyl (C=O) groups is 1. The summed E-state index contributed by atoms with van der Waals surface area (Å²) in [5.41, 5.74) is 2.71. The smallest absolute Gasteiger partial charge is 0.225 e. The van der Waals surface area contributed by atoms with Crippen LogP contribution in [0.4, 0.5) is 0 Å². The molecule has 1 amide bonds. The summed E-state index contributed by atoms with van der Waals surface area (Å²) in [6.45, 7) is 0. The summed E-state index contributed by atoms with van der Waals surface area (Å²) in [5.74, 6) is 1.29. The van der Waals surface area contributed by atoms with E-state index in [2.05, 4.69) is 5.32 Å². The van der Waals surface area contributed by atoms with E-state index in [1.165, 1.54) is 0 Å². The van der Waals surface area contributed by atoms with E-state index in [0.717, 1.165) is 22.4 Å². The maximum atomic E-state index is 12.8. The molecule has 0 bridgehead atoms. The molecular weight excluding hydrogens is 374 g/mol. The van der Waals surface area contributed by atoms with Crippen molar-refractivity contribution in [2.75, 3.05) is 14.2 Å². The van der Waals surface area contributed by atoms with Gasteiger partial charge in [-0.2, -0.15) is 0 Å². The Kier molecular flexibility index (Phi) is 6.56. The molecule has 3 aromatic carbocycles. The molecule has 5 heteroatoms. The van der Waals surface area contributed by atoms with Gasteiger partial charge in [-0.1, -0.05) is 54.1 Å². The summed E-state index contributed by atoms with van der Waals surface area (Å²) < 4.78 is 10.6. The molecule has 28 heavy (non-hydrogen) atoms. The van der Waals surface area contributed by atoms with Crippen molar-refractivity contribution < 1.29 is 14.3 Å². The number of rotatable bonds is 7. The summed E-state index contributed by atoms with van der Waals surface area (Å²) in [6.07, 6.45) is 0.170. The highest BCUT2D eigenvalue weighted by Gasteiger charge is 2.18. The minimum absolute atomic E-state index is 0.120. The molecule has 0 aromatic heterocycles. The number of nitrogens with one attached hydrogen (secondary N) is 1. The fraction of sp³-hybridized carbons (Fsp3) is 0.174. The lowest BCUT2D eigenvalue weighted by atomic mass is 9.98. The Balaban J connectivity index is 1.85. The van der Waals surface area contributed by atoms with Crippen LogP contribution in [0.1, 0.15) is 22.7 Å². The first-order valence-corrected chi connectivity index (χ1v) is 9.29. The van der Waals surface area contributed by atoms with Crippen LogP contribution in [0.25, 0.3) is 0 Å².